The summed E-state index contributed by atoms with van der Waals surface area (Å²) in [5.41, 5.74) is -4.14. The van der Waals surface area contributed by atoms with Gasteiger partial charge in [0, 0.05) is 11.3 Å². The first-order valence-corrected chi connectivity index (χ1v) is 9.96. The number of carbonyl (C=O) groups is 2. The lowest BCUT2D eigenvalue weighted by atomic mass is 10.1. The van der Waals surface area contributed by atoms with Gasteiger partial charge in [0.05, 0.1) is 13.2 Å². The molecule has 10 heteroatoms. The number of hydrogen-bond donors (Lipinski definition) is 2. The highest BCUT2D eigenvalue weighted by atomic mass is 19.4. The number of benzene rings is 2. The van der Waals surface area contributed by atoms with E-state index in [4.69, 9.17) is 4.74 Å². The lowest BCUT2D eigenvalue weighted by molar-refractivity contribution is -0.204. The zero-order valence-electron chi connectivity index (χ0n) is 17.6. The maximum absolute atomic E-state index is 14.2. The number of hydrogen-bond acceptors (Lipinski definition) is 5. The lowest BCUT2D eigenvalue weighted by Gasteiger charge is -2.35. The van der Waals surface area contributed by atoms with Crippen LogP contribution in [-0.4, -0.2) is 36.9 Å². The quantitative estimate of drug-likeness (QED) is 0.235. The molecule has 1 amide bonds. The molecular formula is C22H24F4N2O4. The third-order valence-electron chi connectivity index (χ3n) is 4.35. The highest BCUT2D eigenvalue weighted by Gasteiger charge is 2.63. The van der Waals surface area contributed by atoms with E-state index in [-0.39, 0.29) is 12.3 Å². The Morgan fingerprint density at radius 3 is 2.28 bits per heavy atom. The molecule has 0 unspecified atom stereocenters. The van der Waals surface area contributed by atoms with Crippen LogP contribution in [0.15, 0.2) is 48.5 Å². The first kappa shape index (κ1) is 25.0. The van der Waals surface area contributed by atoms with Crippen molar-refractivity contribution < 1.29 is 36.6 Å². The van der Waals surface area contributed by atoms with Gasteiger partial charge in [-0.05, 0) is 55.8 Å². The smallest absolute Gasteiger partial charge is 0.441 e. The van der Waals surface area contributed by atoms with Crippen molar-refractivity contribution in [2.24, 2.45) is 0 Å². The van der Waals surface area contributed by atoms with Gasteiger partial charge in [0.1, 0.15) is 11.6 Å². The monoisotopic (exact) mass is 456 g/mol. The summed E-state index contributed by atoms with van der Waals surface area (Å²) in [4.78, 5) is 25.0. The van der Waals surface area contributed by atoms with Gasteiger partial charge >= 0.3 is 17.8 Å². The van der Waals surface area contributed by atoms with Crippen LogP contribution in [0, 0.1) is 5.82 Å². The van der Waals surface area contributed by atoms with Crippen molar-refractivity contribution in [1.29, 1.82) is 0 Å². The Bertz CT molecular complexity index is 919. The molecule has 0 spiro atoms. The Morgan fingerprint density at radius 1 is 1.03 bits per heavy atom. The molecule has 0 aliphatic heterocycles. The van der Waals surface area contributed by atoms with Gasteiger partial charge in [0.15, 0.2) is 0 Å². The van der Waals surface area contributed by atoms with Gasteiger partial charge in [-0.3, -0.25) is 4.79 Å². The molecular weight excluding hydrogens is 432 g/mol. The molecule has 6 nitrogen and oxygen atoms in total. The van der Waals surface area contributed by atoms with E-state index < -0.39 is 35.1 Å². The Balaban J connectivity index is 2.38. The first-order valence-electron chi connectivity index (χ1n) is 9.96. The van der Waals surface area contributed by atoms with E-state index in [0.29, 0.717) is 12.4 Å². The van der Waals surface area contributed by atoms with Crippen LogP contribution in [0.3, 0.4) is 0 Å². The Kier molecular flexibility index (Phi) is 8.45. The second-order valence-corrected chi connectivity index (χ2v) is 6.78. The van der Waals surface area contributed by atoms with Crippen LogP contribution >= 0.6 is 0 Å². The van der Waals surface area contributed by atoms with Crippen LogP contribution in [-0.2, 0) is 9.53 Å². The van der Waals surface area contributed by atoms with Crippen LogP contribution in [0.1, 0.15) is 37.0 Å². The minimum atomic E-state index is -5.31. The van der Waals surface area contributed by atoms with E-state index in [9.17, 15) is 27.2 Å². The Hall–Kier alpha value is -3.30. The van der Waals surface area contributed by atoms with Gasteiger partial charge in [0.2, 0.25) is 0 Å². The molecule has 0 aliphatic rings. The van der Waals surface area contributed by atoms with Gasteiger partial charge in [-0.1, -0.05) is 19.4 Å². The molecule has 0 aliphatic carbocycles. The standard InChI is InChI=1S/C22H24F4N2O4/c1-3-5-13-32-18-11-9-17(10-12-18)27-21(22(24,25)26,20(30)31-4-2)28-19(29)15-7-6-8-16(23)14-15/h6-12,14,27H,3-5,13H2,1-2H3,(H,28,29)/t21-/m0/s1. The topological polar surface area (TPSA) is 76.7 Å². The molecule has 2 rings (SSSR count). The number of alkyl halides is 3. The zero-order chi connectivity index (χ0) is 23.8. The predicted octanol–water partition coefficient (Wildman–Crippen LogP) is 4.67. The molecule has 0 bridgehead atoms. The van der Waals surface area contributed by atoms with E-state index >= 15 is 0 Å². The average molecular weight is 456 g/mol. The number of amides is 1. The summed E-state index contributed by atoms with van der Waals surface area (Å²) in [6.07, 6.45) is -3.58. The normalized spacial score (nSPS) is 13.1. The largest absolute Gasteiger partial charge is 0.494 e. The number of ether oxygens (including phenoxy) is 2. The summed E-state index contributed by atoms with van der Waals surface area (Å²) in [5, 5.41) is 3.70. The molecule has 0 aromatic heterocycles. The second-order valence-electron chi connectivity index (χ2n) is 6.78. The summed E-state index contributed by atoms with van der Waals surface area (Å²) in [6.45, 7) is 3.40. The van der Waals surface area contributed by atoms with Crippen molar-refractivity contribution in [1.82, 2.24) is 5.32 Å². The SMILES string of the molecule is CCCCOc1ccc(N[C@](NC(=O)c2cccc(F)c2)(C(=O)OCC)C(F)(F)F)cc1. The van der Waals surface area contributed by atoms with Gasteiger partial charge in [0.25, 0.3) is 5.91 Å². The lowest BCUT2D eigenvalue weighted by Crippen LogP contribution is -2.69. The third kappa shape index (κ3) is 6.12. The highest BCUT2D eigenvalue weighted by Crippen LogP contribution is 2.34. The van der Waals surface area contributed by atoms with E-state index in [1.165, 1.54) is 31.2 Å². The average Bonchev–Trinajstić information content (AvgIpc) is 2.74. The molecule has 174 valence electrons. The summed E-state index contributed by atoms with van der Waals surface area (Å²) < 4.78 is 66.1. The summed E-state index contributed by atoms with van der Waals surface area (Å²) in [7, 11) is 0. The Morgan fingerprint density at radius 2 is 1.72 bits per heavy atom. The molecule has 0 saturated carbocycles. The molecule has 2 N–H and O–H groups in total. The zero-order valence-corrected chi connectivity index (χ0v) is 17.6. The fourth-order valence-corrected chi connectivity index (χ4v) is 2.69. The van der Waals surface area contributed by atoms with Crippen molar-refractivity contribution >= 4 is 17.6 Å². The van der Waals surface area contributed by atoms with Crippen molar-refractivity contribution in [3.05, 3.63) is 59.9 Å². The van der Waals surface area contributed by atoms with Crippen molar-refractivity contribution in [3.63, 3.8) is 0 Å². The molecule has 1 atom stereocenters. The molecule has 0 fully saturated rings. The summed E-state index contributed by atoms with van der Waals surface area (Å²) in [6, 6.07) is 9.47. The molecule has 0 heterocycles. The number of halogens is 4. The first-order chi connectivity index (χ1) is 15.1. The number of nitrogens with one attached hydrogen (secondary N) is 2. The number of carbonyl (C=O) groups excluding carboxylic acids is 2. The molecule has 2 aromatic rings. The van der Waals surface area contributed by atoms with Gasteiger partial charge in [-0.15, -0.1) is 0 Å². The molecule has 0 radical (unpaired) electrons. The maximum atomic E-state index is 14.2. The number of anilines is 1. The minimum absolute atomic E-state index is 0.127. The van der Waals surface area contributed by atoms with E-state index in [1.807, 2.05) is 12.2 Å². The van der Waals surface area contributed by atoms with Gasteiger partial charge < -0.3 is 20.1 Å². The fraction of sp³-hybridized carbons (Fsp3) is 0.364. The van der Waals surface area contributed by atoms with E-state index in [1.54, 1.807) is 5.32 Å². The third-order valence-corrected chi connectivity index (χ3v) is 4.35. The molecule has 32 heavy (non-hydrogen) atoms. The van der Waals surface area contributed by atoms with Crippen molar-refractivity contribution in [2.75, 3.05) is 18.5 Å². The number of unbranched alkanes of at least 4 members (excludes halogenated alkanes) is 1. The second kappa shape index (κ2) is 10.8. The Labute approximate surface area is 182 Å². The van der Waals surface area contributed by atoms with E-state index in [0.717, 1.165) is 37.1 Å². The minimum Gasteiger partial charge on any atom is -0.494 e. The summed E-state index contributed by atoms with van der Waals surface area (Å²) >= 11 is 0. The highest BCUT2D eigenvalue weighted by molar-refractivity contribution is 5.99. The van der Waals surface area contributed by atoms with Crippen LogP contribution in [0.25, 0.3) is 0 Å². The van der Waals surface area contributed by atoms with Gasteiger partial charge in [-0.2, -0.15) is 13.2 Å². The van der Waals surface area contributed by atoms with Crippen LogP contribution < -0.4 is 15.4 Å². The van der Waals surface area contributed by atoms with Crippen LogP contribution in [0.4, 0.5) is 23.2 Å². The number of esters is 1. The van der Waals surface area contributed by atoms with Crippen molar-refractivity contribution in [3.8, 4) is 5.75 Å². The maximum Gasteiger partial charge on any atom is 0.441 e. The van der Waals surface area contributed by atoms with Crippen molar-refractivity contribution in [2.45, 2.75) is 38.5 Å². The predicted molar refractivity (Wildman–Crippen MR) is 110 cm³/mol. The number of rotatable bonds is 10. The summed E-state index contributed by atoms with van der Waals surface area (Å²) in [5.74, 6) is -3.47. The fourth-order valence-electron chi connectivity index (χ4n) is 2.69. The van der Waals surface area contributed by atoms with Crippen LogP contribution in [0.2, 0.25) is 0 Å². The molecule has 2 aromatic carbocycles. The van der Waals surface area contributed by atoms with E-state index in [2.05, 4.69) is 4.74 Å². The van der Waals surface area contributed by atoms with Crippen LogP contribution in [0.5, 0.6) is 5.75 Å². The molecule has 0 saturated heterocycles. The van der Waals surface area contributed by atoms with Gasteiger partial charge in [-0.25, -0.2) is 9.18 Å².